The van der Waals surface area contributed by atoms with Gasteiger partial charge in [-0.3, -0.25) is 10.6 Å². The maximum atomic E-state index is 3.86. The summed E-state index contributed by atoms with van der Waals surface area (Å²) in [6.45, 7) is 0. The Balaban J connectivity index is 1.71. The van der Waals surface area contributed by atoms with Crippen LogP contribution in [0.5, 0.6) is 0 Å². The monoisotopic (exact) mass is 264 g/mol. The van der Waals surface area contributed by atoms with E-state index in [1.807, 2.05) is 0 Å². The Hall–Kier alpha value is -1.64. The van der Waals surface area contributed by atoms with Gasteiger partial charge in [0.05, 0.1) is 17.7 Å². The summed E-state index contributed by atoms with van der Waals surface area (Å²) >= 11 is 0. The quantitative estimate of drug-likeness (QED) is 0.867. The molecule has 2 nitrogen and oxygen atoms in total. The van der Waals surface area contributed by atoms with Crippen LogP contribution < -0.4 is 10.6 Å². The van der Waals surface area contributed by atoms with Gasteiger partial charge in [0.15, 0.2) is 0 Å². The molecule has 1 aliphatic carbocycles. The Bertz CT molecular complexity index is 525. The number of hydrogen-bond donors (Lipinski definition) is 2. The first-order valence-electron chi connectivity index (χ1n) is 7.52. The highest BCUT2D eigenvalue weighted by Gasteiger charge is 2.48. The summed E-state index contributed by atoms with van der Waals surface area (Å²) in [5, 5.41) is 7.72. The molecule has 0 radical (unpaired) electrons. The van der Waals surface area contributed by atoms with E-state index in [0.717, 1.165) is 0 Å². The van der Waals surface area contributed by atoms with Crippen LogP contribution >= 0.6 is 0 Å². The molecule has 20 heavy (non-hydrogen) atoms. The molecule has 0 bridgehead atoms. The van der Waals surface area contributed by atoms with Crippen molar-refractivity contribution in [3.8, 4) is 0 Å². The second-order valence-electron chi connectivity index (χ2n) is 6.00. The predicted molar refractivity (Wildman–Crippen MR) is 81.2 cm³/mol. The summed E-state index contributed by atoms with van der Waals surface area (Å²) in [4.78, 5) is 0. The van der Waals surface area contributed by atoms with E-state index in [9.17, 15) is 0 Å². The molecule has 4 rings (SSSR count). The van der Waals surface area contributed by atoms with Crippen LogP contribution in [0.3, 0.4) is 0 Å². The molecule has 102 valence electrons. The first kappa shape index (κ1) is 12.1. The number of rotatable bonds is 2. The van der Waals surface area contributed by atoms with Crippen molar-refractivity contribution < 1.29 is 0 Å². The van der Waals surface area contributed by atoms with Crippen molar-refractivity contribution in [2.24, 2.45) is 0 Å². The van der Waals surface area contributed by atoms with Crippen molar-refractivity contribution in [2.75, 3.05) is 0 Å². The maximum absolute atomic E-state index is 3.86. The molecule has 1 heterocycles. The number of benzene rings is 2. The first-order valence-corrected chi connectivity index (χ1v) is 7.52. The SMILES string of the molecule is c1ccc([C@H]2NC3(CCC3)N[C@@H]2c2ccccc2)cc1. The van der Waals surface area contributed by atoms with Gasteiger partial charge in [-0.15, -0.1) is 0 Å². The standard InChI is InChI=1S/C18H20N2/c1-3-8-14(9-4-1)16-17(15-10-5-2-6-11-15)20-18(19-16)12-7-13-18/h1-6,8-11,16-17,19-20H,7,12-13H2/t16-,17-/m1/s1. The Labute approximate surface area is 120 Å². The lowest BCUT2D eigenvalue weighted by Crippen LogP contribution is -2.54. The van der Waals surface area contributed by atoms with Crippen LogP contribution in [-0.2, 0) is 0 Å². The fraction of sp³-hybridized carbons (Fsp3) is 0.333. The zero-order valence-corrected chi connectivity index (χ0v) is 11.5. The Morgan fingerprint density at radius 3 is 1.50 bits per heavy atom. The summed E-state index contributed by atoms with van der Waals surface area (Å²) in [6.07, 6.45) is 3.79. The van der Waals surface area contributed by atoms with E-state index < -0.39 is 0 Å². The molecule has 0 aromatic heterocycles. The van der Waals surface area contributed by atoms with E-state index in [0.29, 0.717) is 12.1 Å². The van der Waals surface area contributed by atoms with Crippen LogP contribution in [0.15, 0.2) is 60.7 Å². The third-order valence-corrected chi connectivity index (χ3v) is 4.72. The van der Waals surface area contributed by atoms with Gasteiger partial charge in [0.1, 0.15) is 0 Å². The van der Waals surface area contributed by atoms with Gasteiger partial charge in [-0.2, -0.15) is 0 Å². The zero-order valence-electron chi connectivity index (χ0n) is 11.5. The molecule has 1 saturated carbocycles. The molecule has 2 atom stereocenters. The van der Waals surface area contributed by atoms with Gasteiger partial charge < -0.3 is 0 Å². The lowest BCUT2D eigenvalue weighted by atomic mass is 9.85. The van der Waals surface area contributed by atoms with E-state index in [1.54, 1.807) is 0 Å². The topological polar surface area (TPSA) is 24.1 Å². The van der Waals surface area contributed by atoms with Crippen LogP contribution in [0, 0.1) is 0 Å². The molecular formula is C18H20N2. The van der Waals surface area contributed by atoms with Crippen LogP contribution in [0.25, 0.3) is 0 Å². The van der Waals surface area contributed by atoms with Gasteiger partial charge in [-0.1, -0.05) is 60.7 Å². The maximum Gasteiger partial charge on any atom is 0.0698 e. The molecule has 1 saturated heterocycles. The molecule has 2 aliphatic rings. The highest BCUT2D eigenvalue weighted by molar-refractivity contribution is 5.31. The molecule has 2 heteroatoms. The van der Waals surface area contributed by atoms with Crippen LogP contribution in [0.1, 0.15) is 42.5 Å². The highest BCUT2D eigenvalue weighted by Crippen LogP contribution is 2.44. The third-order valence-electron chi connectivity index (χ3n) is 4.72. The van der Waals surface area contributed by atoms with Gasteiger partial charge in [-0.25, -0.2) is 0 Å². The summed E-state index contributed by atoms with van der Waals surface area (Å²) in [7, 11) is 0. The van der Waals surface area contributed by atoms with E-state index in [1.165, 1.54) is 30.4 Å². The summed E-state index contributed by atoms with van der Waals surface area (Å²) in [5.41, 5.74) is 2.91. The largest absolute Gasteiger partial charge is 0.291 e. The molecule has 0 amide bonds. The molecule has 2 aromatic rings. The Morgan fingerprint density at radius 2 is 1.15 bits per heavy atom. The minimum absolute atomic E-state index is 0.168. The van der Waals surface area contributed by atoms with Gasteiger partial charge in [0.2, 0.25) is 0 Å². The minimum atomic E-state index is 0.168. The molecule has 0 unspecified atom stereocenters. The van der Waals surface area contributed by atoms with E-state index in [4.69, 9.17) is 0 Å². The fourth-order valence-corrected chi connectivity index (χ4v) is 3.49. The fourth-order valence-electron chi connectivity index (χ4n) is 3.49. The molecule has 2 fully saturated rings. The summed E-state index contributed by atoms with van der Waals surface area (Å²) in [5.74, 6) is 0. The van der Waals surface area contributed by atoms with E-state index >= 15 is 0 Å². The molecule has 1 aliphatic heterocycles. The third kappa shape index (κ3) is 1.96. The summed E-state index contributed by atoms with van der Waals surface area (Å²) in [6, 6.07) is 22.3. The van der Waals surface area contributed by atoms with Crippen LogP contribution in [-0.4, -0.2) is 5.66 Å². The van der Waals surface area contributed by atoms with Gasteiger partial charge in [0, 0.05) is 0 Å². The minimum Gasteiger partial charge on any atom is -0.291 e. The Kier molecular flexibility index (Phi) is 2.86. The van der Waals surface area contributed by atoms with Crippen molar-refractivity contribution >= 4 is 0 Å². The van der Waals surface area contributed by atoms with Crippen molar-refractivity contribution in [2.45, 2.75) is 37.0 Å². The van der Waals surface area contributed by atoms with E-state index in [2.05, 4.69) is 71.3 Å². The second kappa shape index (κ2) is 4.72. The molecule has 2 aromatic carbocycles. The number of hydrogen-bond acceptors (Lipinski definition) is 2. The van der Waals surface area contributed by atoms with Crippen LogP contribution in [0.2, 0.25) is 0 Å². The lowest BCUT2D eigenvalue weighted by Gasteiger charge is -2.39. The predicted octanol–water partition coefficient (Wildman–Crippen LogP) is 3.54. The van der Waals surface area contributed by atoms with Crippen molar-refractivity contribution in [1.82, 2.24) is 10.6 Å². The number of nitrogens with one attached hydrogen (secondary N) is 2. The average molecular weight is 264 g/mol. The normalized spacial score (nSPS) is 27.4. The summed E-state index contributed by atoms with van der Waals surface area (Å²) < 4.78 is 0. The lowest BCUT2D eigenvalue weighted by molar-refractivity contribution is 0.176. The first-order chi connectivity index (χ1) is 9.86. The molecule has 1 spiro atoms. The zero-order chi connectivity index (χ0) is 13.4. The van der Waals surface area contributed by atoms with Gasteiger partial charge >= 0.3 is 0 Å². The Morgan fingerprint density at radius 1 is 0.700 bits per heavy atom. The van der Waals surface area contributed by atoms with Gasteiger partial charge in [0.25, 0.3) is 0 Å². The average Bonchev–Trinajstić information content (AvgIpc) is 2.90. The molecular weight excluding hydrogens is 244 g/mol. The van der Waals surface area contributed by atoms with Crippen molar-refractivity contribution in [1.29, 1.82) is 0 Å². The van der Waals surface area contributed by atoms with Crippen molar-refractivity contribution in [3.05, 3.63) is 71.8 Å². The van der Waals surface area contributed by atoms with Gasteiger partial charge in [-0.05, 0) is 30.4 Å². The highest BCUT2D eigenvalue weighted by atomic mass is 15.3. The molecule has 2 N–H and O–H groups in total. The van der Waals surface area contributed by atoms with E-state index in [-0.39, 0.29) is 5.66 Å². The smallest absolute Gasteiger partial charge is 0.0698 e. The second-order valence-corrected chi connectivity index (χ2v) is 6.00. The van der Waals surface area contributed by atoms with Crippen LogP contribution in [0.4, 0.5) is 0 Å². The van der Waals surface area contributed by atoms with Crippen molar-refractivity contribution in [3.63, 3.8) is 0 Å².